The Morgan fingerprint density at radius 3 is 1.46 bits per heavy atom. The Morgan fingerprint density at radius 2 is 1.07 bits per heavy atom. The van der Waals surface area contributed by atoms with Crippen molar-refractivity contribution in [2.24, 2.45) is 0 Å². The molecule has 346 valence electrons. The molecule has 0 aromatic carbocycles. The molecule has 0 radical (unpaired) electrons. The molecular weight excluding hydrogens is 757 g/mol. The third kappa shape index (κ3) is 24.2. The first-order valence-electron chi connectivity index (χ1n) is 24.9. The first-order valence-corrected chi connectivity index (χ1v) is 27.8. The van der Waals surface area contributed by atoms with Crippen molar-refractivity contribution in [1.29, 1.82) is 0 Å². The van der Waals surface area contributed by atoms with Gasteiger partial charge in [0.1, 0.15) is 12.3 Å². The highest BCUT2D eigenvalue weighted by atomic mass is 28.4. The lowest BCUT2D eigenvalue weighted by molar-refractivity contribution is -0.309. The maximum Gasteiger partial charge on any atom is 0.330 e. The van der Waals surface area contributed by atoms with Crippen molar-refractivity contribution in [3.63, 3.8) is 0 Å². The SMILES string of the molecule is CCCCCCCCCCCCCCCCOC(OCCCCCCCCCCCCCCCC)OC1CC(n2cc(C)c(=O)[nH]c2=O)O[C@@H]1CO[Si](C)(C)C(C)(C)C. The van der Waals surface area contributed by atoms with Crippen LogP contribution in [-0.2, 0) is 23.4 Å². The lowest BCUT2D eigenvalue weighted by atomic mass is 10.0. The Labute approximate surface area is 363 Å². The first kappa shape index (κ1) is 53.8. The van der Waals surface area contributed by atoms with Crippen LogP contribution in [0.2, 0.25) is 18.1 Å². The summed E-state index contributed by atoms with van der Waals surface area (Å²) in [5.41, 5.74) is -0.420. The largest absolute Gasteiger partial charge is 0.414 e. The molecule has 59 heavy (non-hydrogen) atoms. The predicted octanol–water partition coefficient (Wildman–Crippen LogP) is 13.8. The monoisotopic (exact) mass is 851 g/mol. The number of hydrogen-bond donors (Lipinski definition) is 1. The zero-order valence-corrected chi connectivity index (χ0v) is 40.8. The van der Waals surface area contributed by atoms with Crippen molar-refractivity contribution in [2.75, 3.05) is 19.8 Å². The van der Waals surface area contributed by atoms with Gasteiger partial charge >= 0.3 is 5.69 Å². The Bertz CT molecular complexity index is 1240. The molecule has 2 heterocycles. The molecule has 1 aliphatic heterocycles. The van der Waals surface area contributed by atoms with Gasteiger partial charge in [-0.15, -0.1) is 0 Å². The molecule has 10 heteroatoms. The summed E-state index contributed by atoms with van der Waals surface area (Å²) in [5, 5.41) is 0.0319. The Hall–Kier alpha value is -1.30. The summed E-state index contributed by atoms with van der Waals surface area (Å²) in [4.78, 5) is 27.5. The van der Waals surface area contributed by atoms with E-state index >= 15 is 0 Å². The van der Waals surface area contributed by atoms with E-state index in [2.05, 4.69) is 52.7 Å². The Balaban J connectivity index is 1.89. The number of aromatic amines is 1. The van der Waals surface area contributed by atoms with Crippen LogP contribution in [0.1, 0.15) is 233 Å². The number of ether oxygens (including phenoxy) is 4. The maximum atomic E-state index is 12.9. The molecule has 2 rings (SSSR count). The van der Waals surface area contributed by atoms with Crippen LogP contribution in [0.15, 0.2) is 15.8 Å². The summed E-state index contributed by atoms with van der Waals surface area (Å²) < 4.78 is 33.9. The van der Waals surface area contributed by atoms with Crippen LogP contribution in [0.25, 0.3) is 0 Å². The summed E-state index contributed by atoms with van der Waals surface area (Å²) in [6, 6.07) is 0. The first-order chi connectivity index (χ1) is 28.4. The van der Waals surface area contributed by atoms with Gasteiger partial charge in [-0.1, -0.05) is 202 Å². The molecule has 1 fully saturated rings. The van der Waals surface area contributed by atoms with Gasteiger partial charge in [-0.3, -0.25) is 14.3 Å². The summed E-state index contributed by atoms with van der Waals surface area (Å²) in [5.74, 6) is 0. The fourth-order valence-electron chi connectivity index (χ4n) is 7.69. The number of nitrogens with zero attached hydrogens (tertiary/aromatic N) is 1. The van der Waals surface area contributed by atoms with Crippen molar-refractivity contribution >= 4 is 8.32 Å². The van der Waals surface area contributed by atoms with E-state index in [4.69, 9.17) is 23.4 Å². The van der Waals surface area contributed by atoms with Crippen LogP contribution < -0.4 is 11.2 Å². The van der Waals surface area contributed by atoms with Crippen LogP contribution in [0.3, 0.4) is 0 Å². The minimum atomic E-state index is -2.09. The molecule has 2 unspecified atom stereocenters. The average molecular weight is 851 g/mol. The molecular formula is C49H94N2O7Si. The Morgan fingerprint density at radius 1 is 0.678 bits per heavy atom. The van der Waals surface area contributed by atoms with Crippen LogP contribution in [-0.4, -0.2) is 56.4 Å². The molecule has 1 aliphatic rings. The molecule has 0 bridgehead atoms. The van der Waals surface area contributed by atoms with Gasteiger partial charge < -0.3 is 23.4 Å². The second-order valence-electron chi connectivity index (χ2n) is 19.3. The summed E-state index contributed by atoms with van der Waals surface area (Å²) >= 11 is 0. The standard InChI is InChI=1S/C49H94N2O7Si/c1-9-11-13-15-17-19-21-23-25-27-29-31-33-35-37-54-48(55-38-36-34-32-30-28-26-24-22-20-18-16-14-12-10-2)58-43-39-45(51-40-42(3)46(52)50-47(51)53)57-44(43)41-56-59(7,8)49(4,5)6/h40,43-45,48H,9-39,41H2,1-8H3,(H,50,52,53)/t43?,44-,45?/m1/s1. The third-order valence-corrected chi connectivity index (χ3v) is 17.3. The number of nitrogens with one attached hydrogen (secondary N) is 1. The highest BCUT2D eigenvalue weighted by Gasteiger charge is 2.43. The van der Waals surface area contributed by atoms with Gasteiger partial charge in [0.15, 0.2) is 8.32 Å². The lowest BCUT2D eigenvalue weighted by Crippen LogP contribution is -2.44. The number of aryl methyl sites for hydroxylation is 1. The smallest absolute Gasteiger partial charge is 0.330 e. The van der Waals surface area contributed by atoms with Crippen LogP contribution >= 0.6 is 0 Å². The van der Waals surface area contributed by atoms with Gasteiger partial charge in [-0.25, -0.2) is 4.79 Å². The van der Waals surface area contributed by atoms with Crippen molar-refractivity contribution in [3.8, 4) is 0 Å². The normalized spacial score (nSPS) is 17.5. The zero-order valence-electron chi connectivity index (χ0n) is 39.8. The number of rotatable bonds is 38. The molecule has 1 N–H and O–H groups in total. The van der Waals surface area contributed by atoms with Crippen LogP contribution in [0.5, 0.6) is 0 Å². The minimum absolute atomic E-state index is 0.0319. The average Bonchev–Trinajstić information content (AvgIpc) is 3.59. The molecule has 0 aliphatic carbocycles. The summed E-state index contributed by atoms with van der Waals surface area (Å²) in [6.45, 7) is 18.1. The van der Waals surface area contributed by atoms with Crippen molar-refractivity contribution < 1.29 is 23.4 Å². The van der Waals surface area contributed by atoms with E-state index in [9.17, 15) is 9.59 Å². The van der Waals surface area contributed by atoms with E-state index in [-0.39, 0.29) is 10.6 Å². The predicted molar refractivity (Wildman–Crippen MR) is 249 cm³/mol. The second kappa shape index (κ2) is 32.4. The van der Waals surface area contributed by atoms with Gasteiger partial charge in [-0.2, -0.15) is 0 Å². The quantitative estimate of drug-likeness (QED) is 0.0402. The fraction of sp³-hybridized carbons (Fsp3) is 0.918. The highest BCUT2D eigenvalue weighted by Crippen LogP contribution is 2.38. The fourth-order valence-corrected chi connectivity index (χ4v) is 8.71. The number of H-pyrrole nitrogens is 1. The van der Waals surface area contributed by atoms with E-state index in [1.165, 1.54) is 159 Å². The maximum absolute atomic E-state index is 12.9. The van der Waals surface area contributed by atoms with Gasteiger partial charge in [0.25, 0.3) is 12.0 Å². The molecule has 0 saturated carbocycles. The van der Waals surface area contributed by atoms with Gasteiger partial charge in [0, 0.05) is 18.2 Å². The van der Waals surface area contributed by atoms with Crippen molar-refractivity contribution in [3.05, 3.63) is 32.6 Å². The molecule has 3 atom stereocenters. The van der Waals surface area contributed by atoms with E-state index in [1.807, 2.05) is 0 Å². The number of hydrogen-bond acceptors (Lipinski definition) is 7. The van der Waals surface area contributed by atoms with Crippen LogP contribution in [0.4, 0.5) is 0 Å². The summed E-state index contributed by atoms with van der Waals surface area (Å²) in [7, 11) is -2.09. The van der Waals surface area contributed by atoms with E-state index in [1.54, 1.807) is 13.1 Å². The summed E-state index contributed by atoms with van der Waals surface area (Å²) in [6.07, 6.45) is 37.3. The molecule has 0 amide bonds. The van der Waals surface area contributed by atoms with E-state index < -0.39 is 38.9 Å². The van der Waals surface area contributed by atoms with Gasteiger partial charge in [0.05, 0.1) is 25.9 Å². The van der Waals surface area contributed by atoms with E-state index in [0.29, 0.717) is 31.8 Å². The van der Waals surface area contributed by atoms with Crippen molar-refractivity contribution in [1.82, 2.24) is 9.55 Å². The molecule has 9 nitrogen and oxygen atoms in total. The third-order valence-electron chi connectivity index (χ3n) is 12.8. The molecule has 0 spiro atoms. The highest BCUT2D eigenvalue weighted by molar-refractivity contribution is 6.74. The number of aromatic nitrogens is 2. The minimum Gasteiger partial charge on any atom is -0.414 e. The molecule has 1 aromatic rings. The lowest BCUT2D eigenvalue weighted by Gasteiger charge is -2.37. The zero-order chi connectivity index (χ0) is 43.2. The second-order valence-corrected chi connectivity index (χ2v) is 24.1. The van der Waals surface area contributed by atoms with Crippen LogP contribution in [0, 0.1) is 6.92 Å². The number of unbranched alkanes of at least 4 members (excludes halogenated alkanes) is 26. The van der Waals surface area contributed by atoms with Gasteiger partial charge in [-0.05, 0) is 37.9 Å². The van der Waals surface area contributed by atoms with Crippen molar-refractivity contribution in [2.45, 2.75) is 271 Å². The Kier molecular flexibility index (Phi) is 29.5. The molecule has 1 saturated heterocycles. The topological polar surface area (TPSA) is 101 Å². The molecule has 1 aromatic heterocycles. The van der Waals surface area contributed by atoms with E-state index in [0.717, 1.165) is 25.7 Å². The van der Waals surface area contributed by atoms with Gasteiger partial charge in [0.2, 0.25) is 0 Å².